The highest BCUT2D eigenvalue weighted by atomic mass is 35.5. The zero-order valence-electron chi connectivity index (χ0n) is 9.44. The van der Waals surface area contributed by atoms with Gasteiger partial charge < -0.3 is 10.4 Å². The predicted molar refractivity (Wildman–Crippen MR) is 72.4 cm³/mol. The van der Waals surface area contributed by atoms with E-state index < -0.39 is 17.9 Å². The second-order valence-electron chi connectivity index (χ2n) is 3.45. The number of carboxylic acids is 1. The summed E-state index contributed by atoms with van der Waals surface area (Å²) in [5.41, 5.74) is 0. The molecular formula is C11H11Cl2NO3S. The fourth-order valence-electron chi connectivity index (χ4n) is 1.21. The van der Waals surface area contributed by atoms with Crippen LogP contribution in [-0.2, 0) is 9.59 Å². The molecule has 1 amide bonds. The lowest BCUT2D eigenvalue weighted by atomic mass is 10.3. The maximum absolute atomic E-state index is 10.9. The van der Waals surface area contributed by atoms with Crippen LogP contribution < -0.4 is 5.32 Å². The Labute approximate surface area is 119 Å². The molecule has 7 heteroatoms. The first-order valence-corrected chi connectivity index (χ1v) is 6.72. The molecule has 0 heterocycles. The van der Waals surface area contributed by atoms with Crippen molar-refractivity contribution in [1.29, 1.82) is 0 Å². The average Bonchev–Trinajstić information content (AvgIpc) is 2.26. The number of amides is 1. The standard InChI is InChI=1S/C11H11Cl2NO3S/c1-6(15)14-9(11(16)17)5-18-10-7(12)3-2-4-8(10)13/h2-4,9H,5H2,1H3,(H,14,15)(H,16,17). The highest BCUT2D eigenvalue weighted by Crippen LogP contribution is 2.34. The van der Waals surface area contributed by atoms with Gasteiger partial charge in [-0.05, 0) is 12.1 Å². The molecule has 1 unspecified atom stereocenters. The van der Waals surface area contributed by atoms with Gasteiger partial charge in [0, 0.05) is 17.6 Å². The van der Waals surface area contributed by atoms with E-state index in [2.05, 4.69) is 5.32 Å². The Morgan fingerprint density at radius 3 is 2.39 bits per heavy atom. The van der Waals surface area contributed by atoms with E-state index in [1.54, 1.807) is 18.2 Å². The van der Waals surface area contributed by atoms with Gasteiger partial charge in [0.25, 0.3) is 0 Å². The minimum Gasteiger partial charge on any atom is -0.480 e. The van der Waals surface area contributed by atoms with Crippen molar-refractivity contribution in [2.24, 2.45) is 0 Å². The van der Waals surface area contributed by atoms with E-state index in [0.717, 1.165) is 0 Å². The summed E-state index contributed by atoms with van der Waals surface area (Å²) in [7, 11) is 0. The smallest absolute Gasteiger partial charge is 0.327 e. The first kappa shape index (κ1) is 15.1. The minimum absolute atomic E-state index is 0.151. The molecule has 0 radical (unpaired) electrons. The van der Waals surface area contributed by atoms with Gasteiger partial charge in [0.1, 0.15) is 6.04 Å². The van der Waals surface area contributed by atoms with Crippen molar-refractivity contribution in [2.75, 3.05) is 5.75 Å². The predicted octanol–water partition coefficient (Wildman–Crippen LogP) is 2.67. The lowest BCUT2D eigenvalue weighted by molar-refractivity contribution is -0.140. The fourth-order valence-corrected chi connectivity index (χ4v) is 2.90. The third-order valence-corrected chi connectivity index (χ3v) is 4.07. The Bertz CT molecular complexity index is 447. The lowest BCUT2D eigenvalue weighted by Gasteiger charge is -2.13. The average molecular weight is 308 g/mol. The molecule has 0 aliphatic heterocycles. The quantitative estimate of drug-likeness (QED) is 0.821. The molecule has 1 aromatic carbocycles. The van der Waals surface area contributed by atoms with Crippen LogP contribution >= 0.6 is 35.0 Å². The molecule has 1 aromatic rings. The third-order valence-electron chi connectivity index (χ3n) is 1.99. The van der Waals surface area contributed by atoms with E-state index in [9.17, 15) is 9.59 Å². The lowest BCUT2D eigenvalue weighted by Crippen LogP contribution is -2.41. The van der Waals surface area contributed by atoms with Crippen LogP contribution in [0.5, 0.6) is 0 Å². The largest absolute Gasteiger partial charge is 0.480 e. The van der Waals surface area contributed by atoms with Crippen LogP contribution in [0.4, 0.5) is 0 Å². The van der Waals surface area contributed by atoms with Crippen molar-refractivity contribution >= 4 is 46.8 Å². The molecular weight excluding hydrogens is 297 g/mol. The normalized spacial score (nSPS) is 11.9. The number of nitrogens with one attached hydrogen (secondary N) is 1. The number of carbonyl (C=O) groups is 2. The summed E-state index contributed by atoms with van der Waals surface area (Å²) < 4.78 is 0. The van der Waals surface area contributed by atoms with Gasteiger partial charge >= 0.3 is 5.97 Å². The molecule has 0 aliphatic rings. The van der Waals surface area contributed by atoms with Crippen LogP contribution in [0.1, 0.15) is 6.92 Å². The fraction of sp³-hybridized carbons (Fsp3) is 0.273. The number of benzene rings is 1. The van der Waals surface area contributed by atoms with Gasteiger partial charge in [-0.3, -0.25) is 4.79 Å². The Balaban J connectivity index is 2.73. The monoisotopic (exact) mass is 307 g/mol. The maximum Gasteiger partial charge on any atom is 0.327 e. The molecule has 2 N–H and O–H groups in total. The second-order valence-corrected chi connectivity index (χ2v) is 5.30. The number of carbonyl (C=O) groups excluding carboxylic acids is 1. The number of halogens is 2. The van der Waals surface area contributed by atoms with Crippen molar-refractivity contribution in [2.45, 2.75) is 17.9 Å². The molecule has 0 saturated heterocycles. The Morgan fingerprint density at radius 2 is 1.94 bits per heavy atom. The van der Waals surface area contributed by atoms with E-state index in [0.29, 0.717) is 14.9 Å². The van der Waals surface area contributed by atoms with Gasteiger partial charge in [-0.25, -0.2) is 4.79 Å². The van der Waals surface area contributed by atoms with Crippen molar-refractivity contribution in [3.63, 3.8) is 0 Å². The Morgan fingerprint density at radius 1 is 1.39 bits per heavy atom. The van der Waals surface area contributed by atoms with Crippen LogP contribution in [-0.4, -0.2) is 28.8 Å². The van der Waals surface area contributed by atoms with Crippen LogP contribution in [0, 0.1) is 0 Å². The summed E-state index contributed by atoms with van der Waals surface area (Å²) in [6, 6.07) is 4.07. The molecule has 1 atom stereocenters. The molecule has 1 rings (SSSR count). The van der Waals surface area contributed by atoms with Crippen LogP contribution in [0.15, 0.2) is 23.1 Å². The van der Waals surface area contributed by atoms with E-state index in [1.807, 2.05) is 0 Å². The van der Waals surface area contributed by atoms with Gasteiger partial charge in [-0.2, -0.15) is 0 Å². The van der Waals surface area contributed by atoms with Gasteiger partial charge in [0.05, 0.1) is 10.0 Å². The summed E-state index contributed by atoms with van der Waals surface area (Å²) in [5.74, 6) is -1.34. The molecule has 0 saturated carbocycles. The van der Waals surface area contributed by atoms with Gasteiger partial charge in [-0.1, -0.05) is 29.3 Å². The molecule has 0 spiro atoms. The van der Waals surface area contributed by atoms with Gasteiger partial charge in [0.2, 0.25) is 5.91 Å². The summed E-state index contributed by atoms with van der Waals surface area (Å²) in [4.78, 5) is 22.4. The van der Waals surface area contributed by atoms with Crippen molar-refractivity contribution in [1.82, 2.24) is 5.32 Å². The summed E-state index contributed by atoms with van der Waals surface area (Å²) in [5, 5.41) is 12.2. The molecule has 98 valence electrons. The maximum atomic E-state index is 10.9. The third kappa shape index (κ3) is 4.40. The number of aliphatic carboxylic acids is 1. The van der Waals surface area contributed by atoms with E-state index >= 15 is 0 Å². The van der Waals surface area contributed by atoms with Crippen LogP contribution in [0.3, 0.4) is 0 Å². The van der Waals surface area contributed by atoms with E-state index in [4.69, 9.17) is 28.3 Å². The first-order chi connectivity index (χ1) is 8.41. The molecule has 0 aromatic heterocycles. The number of carboxylic acid groups (broad SMARTS) is 1. The van der Waals surface area contributed by atoms with Gasteiger partial charge in [0.15, 0.2) is 0 Å². The Kier molecular flexibility index (Phi) is 5.78. The van der Waals surface area contributed by atoms with Crippen LogP contribution in [0.25, 0.3) is 0 Å². The summed E-state index contributed by atoms with van der Waals surface area (Å²) in [6.07, 6.45) is 0. The molecule has 0 aliphatic carbocycles. The van der Waals surface area contributed by atoms with Crippen molar-refractivity contribution in [3.8, 4) is 0 Å². The molecule has 18 heavy (non-hydrogen) atoms. The number of hydrogen-bond donors (Lipinski definition) is 2. The Hall–Kier alpha value is -0.910. The van der Waals surface area contributed by atoms with Crippen molar-refractivity contribution < 1.29 is 14.7 Å². The highest BCUT2D eigenvalue weighted by Gasteiger charge is 2.19. The SMILES string of the molecule is CC(=O)NC(CSc1c(Cl)cccc1Cl)C(=O)O. The molecule has 0 fully saturated rings. The zero-order chi connectivity index (χ0) is 13.7. The van der Waals surface area contributed by atoms with E-state index in [1.165, 1.54) is 18.7 Å². The van der Waals surface area contributed by atoms with Gasteiger partial charge in [-0.15, -0.1) is 11.8 Å². The minimum atomic E-state index is -1.10. The first-order valence-electron chi connectivity index (χ1n) is 4.98. The van der Waals surface area contributed by atoms with E-state index in [-0.39, 0.29) is 5.75 Å². The number of thioether (sulfide) groups is 1. The second kappa shape index (κ2) is 6.87. The topological polar surface area (TPSA) is 66.4 Å². The molecule has 0 bridgehead atoms. The molecule has 4 nitrogen and oxygen atoms in total. The highest BCUT2D eigenvalue weighted by molar-refractivity contribution is 7.99. The summed E-state index contributed by atoms with van der Waals surface area (Å²) >= 11 is 13.1. The zero-order valence-corrected chi connectivity index (χ0v) is 11.8. The number of rotatable bonds is 5. The summed E-state index contributed by atoms with van der Waals surface area (Å²) in [6.45, 7) is 1.27. The van der Waals surface area contributed by atoms with Crippen molar-refractivity contribution in [3.05, 3.63) is 28.2 Å². The number of hydrogen-bond acceptors (Lipinski definition) is 3. The van der Waals surface area contributed by atoms with Crippen LogP contribution in [0.2, 0.25) is 10.0 Å².